The molecule has 1 atom stereocenters. The van der Waals surface area contributed by atoms with Crippen LogP contribution in [0.25, 0.3) is 0 Å². The highest BCUT2D eigenvalue weighted by Crippen LogP contribution is 2.25. The molecule has 1 aliphatic rings. The summed E-state index contributed by atoms with van der Waals surface area (Å²) < 4.78 is 39.3. The lowest BCUT2D eigenvalue weighted by molar-refractivity contribution is -0.139. The van der Waals surface area contributed by atoms with E-state index in [1.807, 2.05) is 0 Å². The summed E-state index contributed by atoms with van der Waals surface area (Å²) in [7, 11) is -3.88. The van der Waals surface area contributed by atoms with Gasteiger partial charge in [0, 0.05) is 12.6 Å². The summed E-state index contributed by atoms with van der Waals surface area (Å²) in [6.45, 7) is 1.05. The lowest BCUT2D eigenvalue weighted by Crippen LogP contribution is -2.52. The molecule has 3 rings (SSSR count). The molecule has 1 saturated carbocycles. The summed E-state index contributed by atoms with van der Waals surface area (Å²) in [5.41, 5.74) is 0.765. The first-order valence-corrected chi connectivity index (χ1v) is 13.8. The normalized spacial score (nSPS) is 15.0. The Kier molecular flexibility index (Phi) is 9.01. The molecule has 0 spiro atoms. The number of nitrogens with zero attached hydrogens (tertiary/aromatic N) is 2. The Hall–Kier alpha value is -2.36. The molecule has 7 nitrogen and oxygen atoms in total. The maximum absolute atomic E-state index is 13.5. The van der Waals surface area contributed by atoms with E-state index in [-0.39, 0.29) is 24.2 Å². The summed E-state index contributed by atoms with van der Waals surface area (Å²) >= 11 is 12.1. The Morgan fingerprint density at radius 2 is 1.71 bits per heavy atom. The molecule has 0 unspecified atom stereocenters. The average molecular weight is 544 g/mol. The summed E-state index contributed by atoms with van der Waals surface area (Å²) in [4.78, 5) is 27.8. The van der Waals surface area contributed by atoms with Crippen molar-refractivity contribution in [1.29, 1.82) is 0 Å². The summed E-state index contributed by atoms with van der Waals surface area (Å²) in [5.74, 6) is -1.45. The Morgan fingerprint density at radius 3 is 2.29 bits per heavy atom. The van der Waals surface area contributed by atoms with Crippen LogP contribution in [-0.4, -0.2) is 50.0 Å². The van der Waals surface area contributed by atoms with Crippen molar-refractivity contribution < 1.29 is 22.4 Å². The SMILES string of the molecule is C[C@@H](C(=O)NC1CCCC1)N(Cc1ccc(Cl)c(Cl)c1)C(=O)CN(c1ccc(F)cc1)S(C)(=O)=O. The second kappa shape index (κ2) is 11.6. The number of hydrogen-bond donors (Lipinski definition) is 1. The Balaban J connectivity index is 1.88. The van der Waals surface area contributed by atoms with E-state index in [4.69, 9.17) is 23.2 Å². The molecule has 0 radical (unpaired) electrons. The van der Waals surface area contributed by atoms with Gasteiger partial charge in [-0.25, -0.2) is 12.8 Å². The van der Waals surface area contributed by atoms with Crippen LogP contribution in [0.2, 0.25) is 10.0 Å². The molecule has 0 heterocycles. The highest BCUT2D eigenvalue weighted by atomic mass is 35.5. The molecule has 0 aromatic heterocycles. The third kappa shape index (κ3) is 7.32. The number of nitrogens with one attached hydrogen (secondary N) is 1. The van der Waals surface area contributed by atoms with E-state index in [0.717, 1.165) is 48.4 Å². The molecule has 2 aromatic rings. The molecule has 11 heteroatoms. The van der Waals surface area contributed by atoms with Crippen molar-refractivity contribution in [3.05, 3.63) is 63.9 Å². The van der Waals surface area contributed by atoms with Crippen molar-refractivity contribution in [2.75, 3.05) is 17.1 Å². The van der Waals surface area contributed by atoms with Crippen LogP contribution >= 0.6 is 23.2 Å². The molecule has 1 aliphatic carbocycles. The minimum atomic E-state index is -3.88. The average Bonchev–Trinajstić information content (AvgIpc) is 3.30. The first-order valence-electron chi connectivity index (χ1n) is 11.2. The van der Waals surface area contributed by atoms with Crippen molar-refractivity contribution in [3.63, 3.8) is 0 Å². The van der Waals surface area contributed by atoms with Gasteiger partial charge in [-0.15, -0.1) is 0 Å². The molecule has 2 amide bonds. The molecule has 190 valence electrons. The molecule has 1 N–H and O–H groups in total. The predicted molar refractivity (Wildman–Crippen MR) is 135 cm³/mol. The van der Waals surface area contributed by atoms with Crippen molar-refractivity contribution in [2.45, 2.75) is 51.2 Å². The Labute approximate surface area is 215 Å². The van der Waals surface area contributed by atoms with E-state index in [2.05, 4.69) is 5.32 Å². The van der Waals surface area contributed by atoms with Crippen LogP contribution in [0, 0.1) is 5.82 Å². The standard InChI is InChI=1S/C24H28Cl2FN3O4S/c1-16(24(32)28-19-5-3-4-6-19)29(14-17-7-12-21(25)22(26)13-17)23(31)15-30(35(2,33)34)20-10-8-18(27)9-11-20/h7-13,16,19H,3-6,14-15H2,1-2H3,(H,28,32)/t16-/m0/s1. The molecular formula is C24H28Cl2FN3O4S. The Bertz CT molecular complexity index is 1170. The van der Waals surface area contributed by atoms with Gasteiger partial charge in [0.1, 0.15) is 18.4 Å². The highest BCUT2D eigenvalue weighted by Gasteiger charge is 2.31. The maximum Gasteiger partial charge on any atom is 0.244 e. The van der Waals surface area contributed by atoms with E-state index in [1.165, 1.54) is 17.0 Å². The molecule has 0 aliphatic heterocycles. The smallest absolute Gasteiger partial charge is 0.244 e. The number of hydrogen-bond acceptors (Lipinski definition) is 4. The lowest BCUT2D eigenvalue weighted by atomic mass is 10.1. The van der Waals surface area contributed by atoms with Crippen LogP contribution in [0.5, 0.6) is 0 Å². The zero-order valence-corrected chi connectivity index (χ0v) is 21.8. The topological polar surface area (TPSA) is 86.8 Å². The van der Waals surface area contributed by atoms with Crippen molar-refractivity contribution in [2.24, 2.45) is 0 Å². The lowest BCUT2D eigenvalue weighted by Gasteiger charge is -2.32. The van der Waals surface area contributed by atoms with Gasteiger partial charge in [-0.05, 0) is 61.7 Å². The minimum absolute atomic E-state index is 0.00992. The zero-order chi connectivity index (χ0) is 25.8. The van der Waals surface area contributed by atoms with E-state index in [1.54, 1.807) is 25.1 Å². The fourth-order valence-electron chi connectivity index (χ4n) is 4.03. The van der Waals surface area contributed by atoms with Crippen molar-refractivity contribution in [3.8, 4) is 0 Å². The highest BCUT2D eigenvalue weighted by molar-refractivity contribution is 7.92. The van der Waals surface area contributed by atoms with Gasteiger partial charge < -0.3 is 10.2 Å². The number of benzene rings is 2. The summed E-state index contributed by atoms with van der Waals surface area (Å²) in [5, 5.41) is 3.63. The fraction of sp³-hybridized carbons (Fsp3) is 0.417. The van der Waals surface area contributed by atoms with Gasteiger partial charge in [0.05, 0.1) is 22.0 Å². The van der Waals surface area contributed by atoms with Crippen LogP contribution in [0.15, 0.2) is 42.5 Å². The molecule has 35 heavy (non-hydrogen) atoms. The van der Waals surface area contributed by atoms with Gasteiger partial charge in [0.25, 0.3) is 0 Å². The number of sulfonamides is 1. The molecular weight excluding hydrogens is 516 g/mol. The number of amides is 2. The van der Waals surface area contributed by atoms with Crippen LogP contribution < -0.4 is 9.62 Å². The number of anilines is 1. The van der Waals surface area contributed by atoms with E-state index in [9.17, 15) is 22.4 Å². The first kappa shape index (κ1) is 27.2. The molecule has 0 saturated heterocycles. The molecule has 0 bridgehead atoms. The number of carbonyl (C=O) groups excluding carboxylic acids is 2. The van der Waals surface area contributed by atoms with Crippen molar-refractivity contribution >= 4 is 50.7 Å². The summed E-state index contributed by atoms with van der Waals surface area (Å²) in [6, 6.07) is 8.83. The second-order valence-corrected chi connectivity index (χ2v) is 11.4. The van der Waals surface area contributed by atoms with E-state index in [0.29, 0.717) is 15.6 Å². The number of carbonyl (C=O) groups is 2. The first-order chi connectivity index (χ1) is 16.5. The van der Waals surface area contributed by atoms with Gasteiger partial charge in [0.2, 0.25) is 21.8 Å². The number of rotatable bonds is 9. The van der Waals surface area contributed by atoms with Gasteiger partial charge in [-0.1, -0.05) is 42.1 Å². The van der Waals surface area contributed by atoms with Gasteiger partial charge >= 0.3 is 0 Å². The third-order valence-electron chi connectivity index (χ3n) is 6.00. The third-order valence-corrected chi connectivity index (χ3v) is 7.88. The second-order valence-electron chi connectivity index (χ2n) is 8.68. The van der Waals surface area contributed by atoms with Gasteiger partial charge in [-0.2, -0.15) is 0 Å². The van der Waals surface area contributed by atoms with Crippen LogP contribution in [-0.2, 0) is 26.2 Å². The van der Waals surface area contributed by atoms with Crippen LogP contribution in [0.3, 0.4) is 0 Å². The van der Waals surface area contributed by atoms with Gasteiger partial charge in [0.15, 0.2) is 0 Å². The van der Waals surface area contributed by atoms with Crippen LogP contribution in [0.4, 0.5) is 10.1 Å². The maximum atomic E-state index is 13.5. The fourth-order valence-corrected chi connectivity index (χ4v) is 5.20. The monoisotopic (exact) mass is 543 g/mol. The zero-order valence-electron chi connectivity index (χ0n) is 19.5. The quantitative estimate of drug-likeness (QED) is 0.508. The molecule has 2 aromatic carbocycles. The number of halogens is 3. The largest absolute Gasteiger partial charge is 0.352 e. The Morgan fingerprint density at radius 1 is 1.09 bits per heavy atom. The molecule has 1 fully saturated rings. The van der Waals surface area contributed by atoms with Crippen LogP contribution in [0.1, 0.15) is 38.2 Å². The minimum Gasteiger partial charge on any atom is -0.352 e. The predicted octanol–water partition coefficient (Wildman–Crippen LogP) is 4.37. The van der Waals surface area contributed by atoms with Gasteiger partial charge in [-0.3, -0.25) is 13.9 Å². The van der Waals surface area contributed by atoms with E-state index < -0.39 is 34.3 Å². The summed E-state index contributed by atoms with van der Waals surface area (Å²) in [6.07, 6.45) is 4.79. The van der Waals surface area contributed by atoms with E-state index >= 15 is 0 Å². The van der Waals surface area contributed by atoms with Crippen molar-refractivity contribution in [1.82, 2.24) is 10.2 Å².